The Morgan fingerprint density at radius 3 is 2.24 bits per heavy atom. The van der Waals surface area contributed by atoms with Crippen LogP contribution in [0.3, 0.4) is 0 Å². The van der Waals surface area contributed by atoms with E-state index in [1.54, 1.807) is 6.08 Å². The third kappa shape index (κ3) is 2.29. The average molecular weight is 224 g/mol. The molecule has 0 amide bonds. The number of benzene rings is 2. The Balaban J connectivity index is 2.47. The molecule has 0 saturated heterocycles. The zero-order chi connectivity index (χ0) is 12.3. The fourth-order valence-corrected chi connectivity index (χ4v) is 2.01. The molecule has 0 fully saturated rings. The van der Waals surface area contributed by atoms with Gasteiger partial charge in [0.2, 0.25) is 0 Å². The van der Waals surface area contributed by atoms with Crippen LogP contribution >= 0.6 is 0 Å². The monoisotopic (exact) mass is 224 g/mol. The molecule has 1 N–H and O–H groups in total. The minimum Gasteiger partial charge on any atom is -0.384 e. The lowest BCUT2D eigenvalue weighted by molar-refractivity contribution is 0.219. The highest BCUT2D eigenvalue weighted by atomic mass is 16.3. The van der Waals surface area contributed by atoms with Crippen molar-refractivity contribution in [1.82, 2.24) is 0 Å². The molecule has 0 aliphatic rings. The second-order valence-electron chi connectivity index (χ2n) is 4.09. The predicted octanol–water partition coefficient (Wildman–Crippen LogP) is 3.72. The molecule has 0 aliphatic heterocycles. The van der Waals surface area contributed by atoms with E-state index >= 15 is 0 Å². The van der Waals surface area contributed by atoms with Gasteiger partial charge in [-0.2, -0.15) is 0 Å². The van der Waals surface area contributed by atoms with Crippen LogP contribution in [0, 0.1) is 6.92 Å². The third-order valence-corrected chi connectivity index (χ3v) is 2.99. The Morgan fingerprint density at radius 2 is 1.59 bits per heavy atom. The van der Waals surface area contributed by atoms with Crippen LogP contribution in [0.1, 0.15) is 28.4 Å². The van der Waals surface area contributed by atoms with Crippen LogP contribution in [0.2, 0.25) is 0 Å². The van der Waals surface area contributed by atoms with Crippen molar-refractivity contribution < 1.29 is 5.11 Å². The smallest absolute Gasteiger partial charge is 0.105 e. The highest BCUT2D eigenvalue weighted by Crippen LogP contribution is 2.27. The Labute approximate surface area is 102 Å². The van der Waals surface area contributed by atoms with Crippen molar-refractivity contribution in [1.29, 1.82) is 0 Å². The first kappa shape index (κ1) is 11.6. The van der Waals surface area contributed by atoms with E-state index in [0.717, 1.165) is 22.3 Å². The van der Waals surface area contributed by atoms with Crippen molar-refractivity contribution in [3.8, 4) is 0 Å². The minimum absolute atomic E-state index is 0.592. The molecule has 0 bridgehead atoms. The Hall–Kier alpha value is -1.86. The molecule has 2 rings (SSSR count). The van der Waals surface area contributed by atoms with Crippen molar-refractivity contribution in [2.45, 2.75) is 13.0 Å². The van der Waals surface area contributed by atoms with Gasteiger partial charge in [-0.15, -0.1) is 0 Å². The second kappa shape index (κ2) is 4.98. The summed E-state index contributed by atoms with van der Waals surface area (Å²) in [4.78, 5) is 0. The summed E-state index contributed by atoms with van der Waals surface area (Å²) < 4.78 is 0. The van der Waals surface area contributed by atoms with Crippen molar-refractivity contribution in [3.63, 3.8) is 0 Å². The van der Waals surface area contributed by atoms with Crippen LogP contribution in [0.5, 0.6) is 0 Å². The van der Waals surface area contributed by atoms with Crippen LogP contribution in [0.4, 0.5) is 0 Å². The first-order chi connectivity index (χ1) is 8.24. The van der Waals surface area contributed by atoms with Gasteiger partial charge in [0, 0.05) is 0 Å². The highest BCUT2D eigenvalue weighted by molar-refractivity contribution is 5.54. The van der Waals surface area contributed by atoms with Gasteiger partial charge in [0.25, 0.3) is 0 Å². The second-order valence-corrected chi connectivity index (χ2v) is 4.09. The number of hydrogen-bond donors (Lipinski definition) is 1. The largest absolute Gasteiger partial charge is 0.384 e. The molecule has 0 spiro atoms. The minimum atomic E-state index is -0.592. The molecule has 0 radical (unpaired) electrons. The number of rotatable bonds is 3. The van der Waals surface area contributed by atoms with Gasteiger partial charge in [-0.3, -0.25) is 0 Å². The van der Waals surface area contributed by atoms with Crippen molar-refractivity contribution >= 4 is 6.08 Å². The lowest BCUT2D eigenvalue weighted by Gasteiger charge is -2.16. The topological polar surface area (TPSA) is 20.2 Å². The normalized spacial score (nSPS) is 12.1. The summed E-state index contributed by atoms with van der Waals surface area (Å²) in [6.07, 6.45) is 1.18. The molecule has 0 aromatic heterocycles. The summed E-state index contributed by atoms with van der Waals surface area (Å²) in [6, 6.07) is 15.7. The van der Waals surface area contributed by atoms with E-state index in [-0.39, 0.29) is 0 Å². The number of aliphatic hydroxyl groups excluding tert-OH is 1. The van der Waals surface area contributed by atoms with Gasteiger partial charge < -0.3 is 5.11 Å². The molecular formula is C16H16O. The molecule has 2 aromatic rings. The van der Waals surface area contributed by atoms with E-state index in [1.165, 1.54) is 0 Å². The van der Waals surface area contributed by atoms with E-state index in [0.29, 0.717) is 0 Å². The SMILES string of the molecule is C=Cc1ccccc1C(O)c1ccccc1C. The van der Waals surface area contributed by atoms with Crippen LogP contribution in [0.25, 0.3) is 6.08 Å². The van der Waals surface area contributed by atoms with E-state index in [1.807, 2.05) is 55.5 Å². The molecule has 1 heteroatoms. The van der Waals surface area contributed by atoms with Gasteiger partial charge in [-0.25, -0.2) is 0 Å². The number of hydrogen-bond acceptors (Lipinski definition) is 1. The van der Waals surface area contributed by atoms with Gasteiger partial charge in [-0.05, 0) is 29.2 Å². The van der Waals surface area contributed by atoms with Crippen molar-refractivity contribution in [2.75, 3.05) is 0 Å². The first-order valence-electron chi connectivity index (χ1n) is 5.69. The summed E-state index contributed by atoms with van der Waals surface area (Å²) in [5.74, 6) is 0. The summed E-state index contributed by atoms with van der Waals surface area (Å²) in [5, 5.41) is 10.4. The number of aryl methyl sites for hydroxylation is 1. The Kier molecular flexibility index (Phi) is 3.40. The zero-order valence-electron chi connectivity index (χ0n) is 9.93. The summed E-state index contributed by atoms with van der Waals surface area (Å²) in [7, 11) is 0. The lowest BCUT2D eigenvalue weighted by Crippen LogP contribution is -2.03. The predicted molar refractivity (Wildman–Crippen MR) is 71.8 cm³/mol. The fraction of sp³-hybridized carbons (Fsp3) is 0.125. The zero-order valence-corrected chi connectivity index (χ0v) is 9.93. The van der Waals surface area contributed by atoms with Gasteiger partial charge in [0.05, 0.1) is 0 Å². The van der Waals surface area contributed by atoms with Crippen molar-refractivity contribution in [2.24, 2.45) is 0 Å². The average Bonchev–Trinajstić information content (AvgIpc) is 2.38. The maximum atomic E-state index is 10.4. The first-order valence-corrected chi connectivity index (χ1v) is 5.69. The molecule has 1 unspecified atom stereocenters. The molecule has 17 heavy (non-hydrogen) atoms. The Morgan fingerprint density at radius 1 is 1.00 bits per heavy atom. The highest BCUT2D eigenvalue weighted by Gasteiger charge is 2.14. The van der Waals surface area contributed by atoms with Crippen LogP contribution in [0.15, 0.2) is 55.1 Å². The van der Waals surface area contributed by atoms with E-state index in [4.69, 9.17) is 0 Å². The van der Waals surface area contributed by atoms with Crippen molar-refractivity contribution in [3.05, 3.63) is 77.4 Å². The van der Waals surface area contributed by atoms with Gasteiger partial charge in [0.1, 0.15) is 6.10 Å². The fourth-order valence-electron chi connectivity index (χ4n) is 2.01. The van der Waals surface area contributed by atoms with Gasteiger partial charge in [-0.1, -0.05) is 61.2 Å². The summed E-state index contributed by atoms with van der Waals surface area (Å²) >= 11 is 0. The molecule has 2 aromatic carbocycles. The summed E-state index contributed by atoms with van der Waals surface area (Å²) in [5.41, 5.74) is 3.92. The van der Waals surface area contributed by atoms with Crippen LogP contribution in [-0.4, -0.2) is 5.11 Å². The molecular weight excluding hydrogens is 208 g/mol. The van der Waals surface area contributed by atoms with E-state index in [9.17, 15) is 5.11 Å². The third-order valence-electron chi connectivity index (χ3n) is 2.99. The molecule has 86 valence electrons. The standard InChI is InChI=1S/C16H16O/c1-3-13-9-5-7-11-15(13)16(17)14-10-6-4-8-12(14)2/h3-11,16-17H,1H2,2H3. The lowest BCUT2D eigenvalue weighted by atomic mass is 9.94. The maximum Gasteiger partial charge on any atom is 0.105 e. The molecule has 0 saturated carbocycles. The van der Waals surface area contributed by atoms with Crippen LogP contribution < -0.4 is 0 Å². The van der Waals surface area contributed by atoms with E-state index < -0.39 is 6.10 Å². The van der Waals surface area contributed by atoms with Gasteiger partial charge in [0.15, 0.2) is 0 Å². The molecule has 1 nitrogen and oxygen atoms in total. The quantitative estimate of drug-likeness (QED) is 0.842. The molecule has 1 atom stereocenters. The van der Waals surface area contributed by atoms with Gasteiger partial charge >= 0.3 is 0 Å². The molecule has 0 heterocycles. The van der Waals surface area contributed by atoms with Crippen LogP contribution in [-0.2, 0) is 0 Å². The maximum absolute atomic E-state index is 10.4. The van der Waals surface area contributed by atoms with E-state index in [2.05, 4.69) is 6.58 Å². The Bertz CT molecular complexity index is 529. The number of aliphatic hydroxyl groups is 1. The molecule has 0 aliphatic carbocycles. The summed E-state index contributed by atoms with van der Waals surface area (Å²) in [6.45, 7) is 5.79.